The zero-order chi connectivity index (χ0) is 15.6. The van der Waals surface area contributed by atoms with Crippen LogP contribution in [0.2, 0.25) is 0 Å². The number of anilines is 1. The number of aliphatic hydroxyl groups is 4. The highest BCUT2D eigenvalue weighted by Gasteiger charge is 2.47. The van der Waals surface area contributed by atoms with Crippen molar-refractivity contribution in [2.45, 2.75) is 37.6 Å². The van der Waals surface area contributed by atoms with E-state index in [4.69, 9.17) is 9.84 Å². The summed E-state index contributed by atoms with van der Waals surface area (Å²) in [7, 11) is 0. The van der Waals surface area contributed by atoms with Crippen molar-refractivity contribution in [3.63, 3.8) is 0 Å². The molecule has 1 aliphatic heterocycles. The Labute approximate surface area is 121 Å². The minimum atomic E-state index is -1.56. The molecule has 0 spiro atoms. The minimum Gasteiger partial charge on any atom is -0.394 e. The summed E-state index contributed by atoms with van der Waals surface area (Å²) in [4.78, 5) is 16.9. The molecule has 21 heavy (non-hydrogen) atoms. The molecule has 116 valence electrons. The number of hydrogen-bond acceptors (Lipinski definition) is 7. The fourth-order valence-electron chi connectivity index (χ4n) is 2.38. The SMILES string of the molecule is CC(=O)N(c1ccccn1)[C@@H]1[C@@H](O)[C@H](O)[C@@H](CO)O[C@H]1O. The molecule has 5 atom stereocenters. The van der Waals surface area contributed by atoms with E-state index in [1.807, 2.05) is 0 Å². The smallest absolute Gasteiger partial charge is 0.225 e. The summed E-state index contributed by atoms with van der Waals surface area (Å²) in [5.41, 5.74) is 0. The Morgan fingerprint density at radius 3 is 2.57 bits per heavy atom. The lowest BCUT2D eigenvalue weighted by Crippen LogP contribution is -2.65. The van der Waals surface area contributed by atoms with Gasteiger partial charge >= 0.3 is 0 Å². The lowest BCUT2D eigenvalue weighted by molar-refractivity contribution is -0.249. The summed E-state index contributed by atoms with van der Waals surface area (Å²) >= 11 is 0. The van der Waals surface area contributed by atoms with Crippen molar-refractivity contribution in [1.29, 1.82) is 0 Å². The normalized spacial score (nSPS) is 32.7. The maximum Gasteiger partial charge on any atom is 0.225 e. The second-order valence-corrected chi connectivity index (χ2v) is 4.80. The zero-order valence-electron chi connectivity index (χ0n) is 11.4. The molecule has 2 heterocycles. The Kier molecular flexibility index (Phi) is 4.86. The molecule has 1 aromatic heterocycles. The highest BCUT2D eigenvalue weighted by atomic mass is 16.6. The first kappa shape index (κ1) is 15.8. The van der Waals surface area contributed by atoms with Crippen molar-refractivity contribution < 1.29 is 30.0 Å². The van der Waals surface area contributed by atoms with Gasteiger partial charge in [-0.15, -0.1) is 0 Å². The van der Waals surface area contributed by atoms with E-state index in [0.29, 0.717) is 0 Å². The summed E-state index contributed by atoms with van der Waals surface area (Å²) < 4.78 is 5.06. The molecule has 0 radical (unpaired) electrons. The molecule has 8 nitrogen and oxygen atoms in total. The van der Waals surface area contributed by atoms with Gasteiger partial charge in [0.2, 0.25) is 5.91 Å². The van der Waals surface area contributed by atoms with Gasteiger partial charge in [0.15, 0.2) is 6.29 Å². The molecule has 0 saturated carbocycles. The summed E-state index contributed by atoms with van der Waals surface area (Å²) in [6.07, 6.45) is -4.15. The molecule has 2 rings (SSSR count). The Bertz CT molecular complexity index is 485. The van der Waals surface area contributed by atoms with Crippen molar-refractivity contribution in [2.24, 2.45) is 0 Å². The molecule has 4 N–H and O–H groups in total. The Balaban J connectivity index is 2.34. The minimum absolute atomic E-state index is 0.214. The molecule has 8 heteroatoms. The number of pyridine rings is 1. The first-order valence-electron chi connectivity index (χ1n) is 6.48. The number of hydrogen-bond donors (Lipinski definition) is 4. The van der Waals surface area contributed by atoms with Crippen molar-refractivity contribution in [3.8, 4) is 0 Å². The van der Waals surface area contributed by atoms with Crippen LogP contribution in [0.25, 0.3) is 0 Å². The zero-order valence-corrected chi connectivity index (χ0v) is 11.4. The molecule has 0 aromatic carbocycles. The van der Waals surface area contributed by atoms with Crippen molar-refractivity contribution in [3.05, 3.63) is 24.4 Å². The molecular formula is C13H18N2O6. The van der Waals surface area contributed by atoms with Crippen LogP contribution in [0.5, 0.6) is 0 Å². The van der Waals surface area contributed by atoms with Crippen LogP contribution >= 0.6 is 0 Å². The maximum absolute atomic E-state index is 11.9. The van der Waals surface area contributed by atoms with Gasteiger partial charge in [-0.25, -0.2) is 4.98 Å². The highest BCUT2D eigenvalue weighted by Crippen LogP contribution is 2.27. The van der Waals surface area contributed by atoms with Gasteiger partial charge in [-0.2, -0.15) is 0 Å². The molecular weight excluding hydrogens is 280 g/mol. The largest absolute Gasteiger partial charge is 0.394 e. The van der Waals surface area contributed by atoms with E-state index in [9.17, 15) is 20.1 Å². The van der Waals surface area contributed by atoms with Crippen LogP contribution in [-0.2, 0) is 9.53 Å². The van der Waals surface area contributed by atoms with Gasteiger partial charge < -0.3 is 25.2 Å². The molecule has 1 fully saturated rings. The average molecular weight is 298 g/mol. The number of aromatic nitrogens is 1. The van der Waals surface area contributed by atoms with Gasteiger partial charge in [0.1, 0.15) is 30.2 Å². The fraction of sp³-hybridized carbons (Fsp3) is 0.538. The maximum atomic E-state index is 11.9. The number of rotatable bonds is 3. The topological polar surface area (TPSA) is 123 Å². The summed E-state index contributed by atoms with van der Waals surface area (Å²) in [5, 5.41) is 39.1. The van der Waals surface area contributed by atoms with Gasteiger partial charge in [-0.05, 0) is 12.1 Å². The molecule has 0 aliphatic carbocycles. The third-order valence-electron chi connectivity index (χ3n) is 3.40. The number of ether oxygens (including phenoxy) is 1. The number of aliphatic hydroxyl groups excluding tert-OH is 4. The van der Waals surface area contributed by atoms with Crippen LogP contribution in [0.15, 0.2) is 24.4 Å². The Morgan fingerprint density at radius 1 is 1.33 bits per heavy atom. The van der Waals surface area contributed by atoms with Crippen molar-refractivity contribution in [1.82, 2.24) is 4.98 Å². The van der Waals surface area contributed by atoms with E-state index >= 15 is 0 Å². The third kappa shape index (κ3) is 3.04. The van der Waals surface area contributed by atoms with Crippen molar-refractivity contribution in [2.75, 3.05) is 11.5 Å². The van der Waals surface area contributed by atoms with Crippen LogP contribution in [0.4, 0.5) is 5.82 Å². The summed E-state index contributed by atoms with van der Waals surface area (Å²) in [6, 6.07) is 3.61. The highest BCUT2D eigenvalue weighted by molar-refractivity contribution is 5.91. The fourth-order valence-corrected chi connectivity index (χ4v) is 2.38. The van der Waals surface area contributed by atoms with E-state index in [1.165, 1.54) is 19.2 Å². The molecule has 1 aliphatic rings. The van der Waals surface area contributed by atoms with E-state index in [0.717, 1.165) is 4.90 Å². The number of nitrogens with zero attached hydrogens (tertiary/aromatic N) is 2. The van der Waals surface area contributed by atoms with Gasteiger partial charge in [-0.3, -0.25) is 9.69 Å². The molecule has 1 aromatic rings. The predicted molar refractivity (Wildman–Crippen MR) is 71.2 cm³/mol. The second kappa shape index (κ2) is 6.46. The lowest BCUT2D eigenvalue weighted by atomic mass is 9.95. The molecule has 1 saturated heterocycles. The number of carbonyl (C=O) groups excluding carboxylic acids is 1. The summed E-state index contributed by atoms with van der Waals surface area (Å²) in [5.74, 6) is -0.263. The third-order valence-corrected chi connectivity index (χ3v) is 3.40. The van der Waals surface area contributed by atoms with Crippen LogP contribution in [0.3, 0.4) is 0 Å². The van der Waals surface area contributed by atoms with Crippen LogP contribution < -0.4 is 4.90 Å². The van der Waals surface area contributed by atoms with Gasteiger partial charge in [0.25, 0.3) is 0 Å². The van der Waals surface area contributed by atoms with Gasteiger partial charge in [0.05, 0.1) is 6.61 Å². The monoisotopic (exact) mass is 298 g/mol. The van der Waals surface area contributed by atoms with Gasteiger partial charge in [0, 0.05) is 13.1 Å². The van der Waals surface area contributed by atoms with Crippen molar-refractivity contribution >= 4 is 11.7 Å². The standard InChI is InChI=1S/C13H18N2O6/c1-7(17)15(9-4-2-3-5-14-9)10-12(19)11(18)8(6-16)21-13(10)20/h2-5,8,10-13,16,18-20H,6H2,1H3/t8-,10-,11-,12-,13-/m1/s1. The van der Waals surface area contributed by atoms with E-state index < -0.39 is 43.2 Å². The van der Waals surface area contributed by atoms with Crippen LogP contribution in [0.1, 0.15) is 6.92 Å². The van der Waals surface area contributed by atoms with E-state index in [-0.39, 0.29) is 5.82 Å². The van der Waals surface area contributed by atoms with Crippen LogP contribution in [-0.4, -0.2) is 68.6 Å². The lowest BCUT2D eigenvalue weighted by Gasteiger charge is -2.44. The number of carbonyl (C=O) groups is 1. The predicted octanol–water partition coefficient (Wildman–Crippen LogP) is -1.77. The quantitative estimate of drug-likeness (QED) is 0.521. The number of amides is 1. The second-order valence-electron chi connectivity index (χ2n) is 4.80. The average Bonchev–Trinajstić information content (AvgIpc) is 2.47. The first-order valence-corrected chi connectivity index (χ1v) is 6.48. The first-order chi connectivity index (χ1) is 9.97. The van der Waals surface area contributed by atoms with E-state index in [1.54, 1.807) is 12.1 Å². The summed E-state index contributed by atoms with van der Waals surface area (Å²) in [6.45, 7) is 0.685. The van der Waals surface area contributed by atoms with E-state index in [2.05, 4.69) is 4.98 Å². The molecule has 1 amide bonds. The molecule has 0 bridgehead atoms. The Hall–Kier alpha value is -1.58. The molecule has 0 unspecified atom stereocenters. The van der Waals surface area contributed by atoms with Gasteiger partial charge in [-0.1, -0.05) is 6.07 Å². The van der Waals surface area contributed by atoms with Crippen LogP contribution in [0, 0.1) is 0 Å². The Morgan fingerprint density at radius 2 is 2.05 bits per heavy atom.